The molecule has 4 amide bonds. The number of carbonyl (C=O) groups excluding carboxylic acids is 3. The fourth-order valence-electron chi connectivity index (χ4n) is 4.03. The van der Waals surface area contributed by atoms with Gasteiger partial charge in [-0.2, -0.15) is 0 Å². The third-order valence-electron chi connectivity index (χ3n) is 5.38. The number of ether oxygens (including phenoxy) is 1. The van der Waals surface area contributed by atoms with Gasteiger partial charge in [-0.1, -0.05) is 13.8 Å². The molecule has 1 saturated carbocycles. The van der Waals surface area contributed by atoms with Crippen LogP contribution in [0.25, 0.3) is 0 Å². The van der Waals surface area contributed by atoms with Crippen molar-refractivity contribution in [3.05, 3.63) is 23.9 Å². The first-order valence-corrected chi connectivity index (χ1v) is 9.89. The van der Waals surface area contributed by atoms with Crippen molar-refractivity contribution < 1.29 is 19.1 Å². The topological polar surface area (TPSA) is 115 Å². The van der Waals surface area contributed by atoms with E-state index < -0.39 is 5.91 Å². The second-order valence-corrected chi connectivity index (χ2v) is 7.99. The van der Waals surface area contributed by atoms with E-state index >= 15 is 0 Å². The van der Waals surface area contributed by atoms with Crippen molar-refractivity contribution in [2.75, 3.05) is 6.54 Å². The third kappa shape index (κ3) is 4.43. The van der Waals surface area contributed by atoms with Crippen LogP contribution in [0.4, 0.5) is 4.79 Å². The molecule has 1 aromatic rings. The molecule has 1 aliphatic carbocycles. The van der Waals surface area contributed by atoms with Crippen molar-refractivity contribution in [2.24, 2.45) is 17.6 Å². The van der Waals surface area contributed by atoms with Crippen molar-refractivity contribution >= 4 is 17.8 Å². The molecule has 3 N–H and O–H groups in total. The maximum Gasteiger partial charge on any atom is 0.324 e. The monoisotopic (exact) mass is 388 g/mol. The predicted octanol–water partition coefficient (Wildman–Crippen LogP) is 2.08. The van der Waals surface area contributed by atoms with Crippen molar-refractivity contribution in [3.63, 3.8) is 0 Å². The summed E-state index contributed by atoms with van der Waals surface area (Å²) in [5.74, 6) is -0.167. The molecule has 2 heterocycles. The van der Waals surface area contributed by atoms with Gasteiger partial charge in [-0.15, -0.1) is 0 Å². The van der Waals surface area contributed by atoms with Crippen molar-refractivity contribution in [3.8, 4) is 5.88 Å². The summed E-state index contributed by atoms with van der Waals surface area (Å²) in [5.41, 5.74) is 5.63. The summed E-state index contributed by atoms with van der Waals surface area (Å²) in [6.07, 6.45) is 4.87. The molecule has 0 bridgehead atoms. The van der Waals surface area contributed by atoms with E-state index in [4.69, 9.17) is 10.5 Å². The van der Waals surface area contributed by atoms with E-state index in [1.54, 1.807) is 18.3 Å². The maximum atomic E-state index is 12.8. The van der Waals surface area contributed by atoms with Crippen LogP contribution < -0.4 is 15.8 Å². The standard InChI is InChI=1S/C20H28N4O4/c1-12(2)10-13-11-23-20(27)24(19(13)26)14-5-7-15(8-6-14)28-18-16(17(21)25)4-3-9-22-18/h3-4,9,12-15H,5-8,10-11H2,1-2H3,(H2,21,25)(H,23,27)/t13?,14-,15-. The molecule has 0 spiro atoms. The van der Waals surface area contributed by atoms with Crippen LogP contribution in [0.15, 0.2) is 18.3 Å². The lowest BCUT2D eigenvalue weighted by Crippen LogP contribution is -2.59. The number of pyridine rings is 1. The summed E-state index contributed by atoms with van der Waals surface area (Å²) in [6.45, 7) is 4.57. The number of urea groups is 1. The number of primary amides is 1. The Hall–Kier alpha value is -2.64. The molecule has 3 rings (SSSR count). The van der Waals surface area contributed by atoms with Crippen LogP contribution in [0.1, 0.15) is 56.3 Å². The van der Waals surface area contributed by atoms with Gasteiger partial charge in [-0.25, -0.2) is 9.78 Å². The van der Waals surface area contributed by atoms with Gasteiger partial charge in [0, 0.05) is 18.8 Å². The van der Waals surface area contributed by atoms with Crippen LogP contribution in [-0.4, -0.2) is 46.4 Å². The van der Waals surface area contributed by atoms with Crippen LogP contribution in [-0.2, 0) is 4.79 Å². The first-order chi connectivity index (χ1) is 13.4. The smallest absolute Gasteiger partial charge is 0.324 e. The molecule has 28 heavy (non-hydrogen) atoms. The average molecular weight is 388 g/mol. The van der Waals surface area contributed by atoms with E-state index in [9.17, 15) is 14.4 Å². The van der Waals surface area contributed by atoms with E-state index in [-0.39, 0.29) is 41.4 Å². The molecule has 0 aromatic carbocycles. The van der Waals surface area contributed by atoms with Gasteiger partial charge in [-0.3, -0.25) is 14.5 Å². The second-order valence-electron chi connectivity index (χ2n) is 7.99. The normalized spacial score (nSPS) is 25.5. The largest absolute Gasteiger partial charge is 0.474 e. The third-order valence-corrected chi connectivity index (χ3v) is 5.38. The van der Waals surface area contributed by atoms with Gasteiger partial charge in [-0.05, 0) is 50.2 Å². The lowest BCUT2D eigenvalue weighted by molar-refractivity contribution is -0.137. The first kappa shape index (κ1) is 20.1. The molecule has 2 fully saturated rings. The molecular weight excluding hydrogens is 360 g/mol. The van der Waals surface area contributed by atoms with E-state index in [1.165, 1.54) is 4.90 Å². The minimum absolute atomic E-state index is 0.0671. The number of hydrogen-bond acceptors (Lipinski definition) is 5. The minimum Gasteiger partial charge on any atom is -0.474 e. The number of hydrogen-bond donors (Lipinski definition) is 2. The molecule has 1 atom stereocenters. The lowest BCUT2D eigenvalue weighted by Gasteiger charge is -2.40. The SMILES string of the molecule is CC(C)CC1CNC(=O)N([C@H]2CC[C@H](Oc3ncccc3C(N)=O)CC2)C1=O. The highest BCUT2D eigenvalue weighted by molar-refractivity contribution is 5.98. The number of aromatic nitrogens is 1. The Morgan fingerprint density at radius 1 is 1.32 bits per heavy atom. The summed E-state index contributed by atoms with van der Waals surface area (Å²) >= 11 is 0. The molecule has 8 heteroatoms. The zero-order valence-corrected chi connectivity index (χ0v) is 16.4. The number of rotatable bonds is 6. The Morgan fingerprint density at radius 2 is 2.04 bits per heavy atom. The zero-order chi connectivity index (χ0) is 20.3. The Kier molecular flexibility index (Phi) is 6.16. The van der Waals surface area contributed by atoms with Crippen molar-refractivity contribution in [2.45, 2.75) is 58.1 Å². The highest BCUT2D eigenvalue weighted by Crippen LogP contribution is 2.30. The van der Waals surface area contributed by atoms with Gasteiger partial charge in [0.2, 0.25) is 11.8 Å². The highest BCUT2D eigenvalue weighted by Gasteiger charge is 2.40. The van der Waals surface area contributed by atoms with Crippen LogP contribution >= 0.6 is 0 Å². The molecule has 152 valence electrons. The number of nitrogens with zero attached hydrogens (tertiary/aromatic N) is 2. The quantitative estimate of drug-likeness (QED) is 0.774. The van der Waals surface area contributed by atoms with Crippen molar-refractivity contribution in [1.29, 1.82) is 0 Å². The molecular formula is C20H28N4O4. The zero-order valence-electron chi connectivity index (χ0n) is 16.4. The van der Waals surface area contributed by atoms with Crippen LogP contribution in [0, 0.1) is 11.8 Å². The van der Waals surface area contributed by atoms with E-state index in [1.807, 2.05) is 0 Å². The molecule has 0 radical (unpaired) electrons. The van der Waals surface area contributed by atoms with Gasteiger partial charge in [0.1, 0.15) is 11.7 Å². The van der Waals surface area contributed by atoms with Gasteiger partial charge in [0.15, 0.2) is 0 Å². The van der Waals surface area contributed by atoms with Gasteiger partial charge >= 0.3 is 6.03 Å². The number of nitrogens with two attached hydrogens (primary N) is 1. The maximum absolute atomic E-state index is 12.8. The summed E-state index contributed by atoms with van der Waals surface area (Å²) in [5, 5.41) is 2.86. The highest BCUT2D eigenvalue weighted by atomic mass is 16.5. The van der Waals surface area contributed by atoms with Gasteiger partial charge in [0.25, 0.3) is 5.91 Å². The minimum atomic E-state index is -0.580. The summed E-state index contributed by atoms with van der Waals surface area (Å²) in [7, 11) is 0. The summed E-state index contributed by atoms with van der Waals surface area (Å²) < 4.78 is 5.89. The fourth-order valence-corrected chi connectivity index (χ4v) is 4.03. The van der Waals surface area contributed by atoms with Crippen molar-refractivity contribution in [1.82, 2.24) is 15.2 Å². The van der Waals surface area contributed by atoms with E-state index in [0.717, 1.165) is 6.42 Å². The summed E-state index contributed by atoms with van der Waals surface area (Å²) in [4.78, 5) is 42.2. The first-order valence-electron chi connectivity index (χ1n) is 9.89. The number of imide groups is 1. The Bertz CT molecular complexity index is 743. The van der Waals surface area contributed by atoms with Crippen LogP contribution in [0.3, 0.4) is 0 Å². The average Bonchev–Trinajstić information content (AvgIpc) is 2.65. The van der Waals surface area contributed by atoms with Gasteiger partial charge in [0.05, 0.1) is 5.92 Å². The van der Waals surface area contributed by atoms with Crippen LogP contribution in [0.5, 0.6) is 5.88 Å². The Labute approximate surface area is 164 Å². The number of nitrogens with one attached hydrogen (secondary N) is 1. The van der Waals surface area contributed by atoms with Gasteiger partial charge < -0.3 is 15.8 Å². The molecule has 1 aromatic heterocycles. The lowest BCUT2D eigenvalue weighted by atomic mass is 9.89. The molecule has 1 aliphatic heterocycles. The molecule has 1 saturated heterocycles. The molecule has 2 aliphatic rings. The Morgan fingerprint density at radius 3 is 2.68 bits per heavy atom. The van der Waals surface area contributed by atoms with Crippen LogP contribution in [0.2, 0.25) is 0 Å². The second kappa shape index (κ2) is 8.58. The number of amides is 4. The van der Waals surface area contributed by atoms with E-state index in [2.05, 4.69) is 24.1 Å². The fraction of sp³-hybridized carbons (Fsp3) is 0.600. The molecule has 8 nitrogen and oxygen atoms in total. The van der Waals surface area contributed by atoms with E-state index in [0.29, 0.717) is 38.1 Å². The predicted molar refractivity (Wildman–Crippen MR) is 103 cm³/mol. The summed E-state index contributed by atoms with van der Waals surface area (Å²) in [6, 6.07) is 2.80. The number of carbonyl (C=O) groups is 3. The molecule has 1 unspecified atom stereocenters. The Balaban J connectivity index is 1.61.